The fraction of sp³-hybridized carbons (Fsp3) is 0.600. The van der Waals surface area contributed by atoms with E-state index in [1.54, 1.807) is 17.8 Å². The molecule has 1 aromatic rings. The molecule has 0 bridgehead atoms. The molecule has 0 aliphatic heterocycles. The molecule has 0 saturated heterocycles. The molecule has 19 heavy (non-hydrogen) atoms. The molecule has 2 N–H and O–H groups in total. The number of thioether (sulfide) groups is 1. The third kappa shape index (κ3) is 4.69. The predicted octanol–water partition coefficient (Wildman–Crippen LogP) is 3.29. The highest BCUT2D eigenvalue weighted by molar-refractivity contribution is 7.98. The van der Waals surface area contributed by atoms with Crippen molar-refractivity contribution in [1.29, 1.82) is 0 Å². The molecule has 2 atom stereocenters. The van der Waals surface area contributed by atoms with E-state index in [1.807, 2.05) is 31.0 Å². The third-order valence-electron chi connectivity index (χ3n) is 3.48. The second-order valence-corrected chi connectivity index (χ2v) is 5.98. The first kappa shape index (κ1) is 16.3. The molecule has 0 fully saturated rings. The molecule has 0 aromatic heterocycles. The Balaban J connectivity index is 2.82. The largest absolute Gasteiger partial charge is 0.369 e. The van der Waals surface area contributed by atoms with Crippen molar-refractivity contribution < 1.29 is 4.39 Å². The topological polar surface area (TPSA) is 29.3 Å². The summed E-state index contributed by atoms with van der Waals surface area (Å²) in [6, 6.07) is 5.89. The smallest absolute Gasteiger partial charge is 0.146 e. The second kappa shape index (κ2) is 7.75. The van der Waals surface area contributed by atoms with E-state index in [0.717, 1.165) is 24.2 Å². The lowest BCUT2D eigenvalue weighted by Gasteiger charge is -2.27. The number of anilines is 1. The van der Waals surface area contributed by atoms with Gasteiger partial charge in [0.05, 0.1) is 5.69 Å². The quantitative estimate of drug-likeness (QED) is 0.833. The first-order valence-corrected chi connectivity index (χ1v) is 8.14. The van der Waals surface area contributed by atoms with Crippen molar-refractivity contribution >= 4 is 17.4 Å². The van der Waals surface area contributed by atoms with E-state index in [2.05, 4.69) is 13.2 Å². The number of benzene rings is 1. The van der Waals surface area contributed by atoms with Crippen LogP contribution >= 0.6 is 11.8 Å². The molecule has 2 nitrogen and oxygen atoms in total. The van der Waals surface area contributed by atoms with E-state index in [9.17, 15) is 4.39 Å². The Bertz CT molecular complexity index is 398. The molecular formula is C15H25FN2S. The van der Waals surface area contributed by atoms with Crippen molar-refractivity contribution in [2.24, 2.45) is 5.73 Å². The van der Waals surface area contributed by atoms with Gasteiger partial charge >= 0.3 is 0 Å². The molecule has 2 unspecified atom stereocenters. The number of nitrogens with zero attached hydrogens (tertiary/aromatic N) is 1. The Morgan fingerprint density at radius 1 is 1.42 bits per heavy atom. The zero-order valence-electron chi connectivity index (χ0n) is 12.3. The summed E-state index contributed by atoms with van der Waals surface area (Å²) in [6.45, 7) is 4.16. The molecular weight excluding hydrogens is 259 g/mol. The maximum atomic E-state index is 14.2. The van der Waals surface area contributed by atoms with Crippen LogP contribution in [0.15, 0.2) is 18.2 Å². The minimum Gasteiger partial charge on any atom is -0.369 e. The van der Waals surface area contributed by atoms with Crippen LogP contribution in [0.5, 0.6) is 0 Å². The normalized spacial score (nSPS) is 14.2. The van der Waals surface area contributed by atoms with Crippen LogP contribution in [0.3, 0.4) is 0 Å². The van der Waals surface area contributed by atoms with Gasteiger partial charge < -0.3 is 10.6 Å². The standard InChI is InChI=1S/C15H25FN2S/c1-5-13(17)8-12-6-7-15(14(16)9-12)18(3)11(2)10-19-4/h6-7,9,11,13H,5,8,10,17H2,1-4H3. The highest BCUT2D eigenvalue weighted by Crippen LogP contribution is 2.22. The van der Waals surface area contributed by atoms with Gasteiger partial charge in [-0.25, -0.2) is 4.39 Å². The maximum Gasteiger partial charge on any atom is 0.146 e. The van der Waals surface area contributed by atoms with Crippen LogP contribution in [0, 0.1) is 5.82 Å². The number of hydrogen-bond acceptors (Lipinski definition) is 3. The molecule has 0 amide bonds. The first-order chi connectivity index (χ1) is 8.99. The summed E-state index contributed by atoms with van der Waals surface area (Å²) in [4.78, 5) is 2.00. The second-order valence-electron chi connectivity index (χ2n) is 5.07. The van der Waals surface area contributed by atoms with Crippen LogP contribution in [0.25, 0.3) is 0 Å². The Kier molecular flexibility index (Phi) is 6.66. The first-order valence-electron chi connectivity index (χ1n) is 6.75. The number of hydrogen-bond donors (Lipinski definition) is 1. The van der Waals surface area contributed by atoms with E-state index < -0.39 is 0 Å². The van der Waals surface area contributed by atoms with Crippen molar-refractivity contribution in [1.82, 2.24) is 0 Å². The molecule has 4 heteroatoms. The number of halogens is 1. The van der Waals surface area contributed by atoms with Crippen LogP contribution in [-0.4, -0.2) is 31.1 Å². The average molecular weight is 284 g/mol. The zero-order valence-corrected chi connectivity index (χ0v) is 13.1. The van der Waals surface area contributed by atoms with Gasteiger partial charge in [0.25, 0.3) is 0 Å². The van der Waals surface area contributed by atoms with E-state index in [0.29, 0.717) is 11.7 Å². The highest BCUT2D eigenvalue weighted by atomic mass is 32.2. The molecule has 1 aromatic carbocycles. The molecule has 0 aliphatic rings. The van der Waals surface area contributed by atoms with Crippen molar-refractivity contribution in [2.75, 3.05) is 24.0 Å². The van der Waals surface area contributed by atoms with E-state index in [-0.39, 0.29) is 11.9 Å². The van der Waals surface area contributed by atoms with E-state index in [1.165, 1.54) is 0 Å². The molecule has 0 radical (unpaired) electrons. The van der Waals surface area contributed by atoms with Gasteiger partial charge in [0.15, 0.2) is 0 Å². The van der Waals surface area contributed by atoms with Crippen LogP contribution in [0.4, 0.5) is 10.1 Å². The third-order valence-corrected chi connectivity index (χ3v) is 4.30. The Hall–Kier alpha value is -0.740. The maximum absolute atomic E-state index is 14.2. The van der Waals surface area contributed by atoms with Gasteiger partial charge in [-0.2, -0.15) is 11.8 Å². The van der Waals surface area contributed by atoms with E-state index in [4.69, 9.17) is 5.73 Å². The summed E-state index contributed by atoms with van der Waals surface area (Å²) in [5.41, 5.74) is 7.54. The predicted molar refractivity (Wildman–Crippen MR) is 84.6 cm³/mol. The molecule has 0 saturated carbocycles. The summed E-state index contributed by atoms with van der Waals surface area (Å²) in [5.74, 6) is 0.828. The monoisotopic (exact) mass is 284 g/mol. The van der Waals surface area contributed by atoms with Gasteiger partial charge in [0, 0.05) is 24.9 Å². The minimum absolute atomic E-state index is 0.110. The molecule has 0 heterocycles. The van der Waals surface area contributed by atoms with E-state index >= 15 is 0 Å². The van der Waals surface area contributed by atoms with Gasteiger partial charge in [0.2, 0.25) is 0 Å². The van der Waals surface area contributed by atoms with Crippen LogP contribution in [0.1, 0.15) is 25.8 Å². The Morgan fingerprint density at radius 2 is 2.11 bits per heavy atom. The summed E-state index contributed by atoms with van der Waals surface area (Å²) in [6.07, 6.45) is 3.71. The summed E-state index contributed by atoms with van der Waals surface area (Å²) < 4.78 is 14.2. The Labute approximate surface area is 120 Å². The fourth-order valence-electron chi connectivity index (χ4n) is 2.00. The summed E-state index contributed by atoms with van der Waals surface area (Å²) >= 11 is 1.77. The Morgan fingerprint density at radius 3 is 2.63 bits per heavy atom. The van der Waals surface area contributed by atoms with Crippen molar-refractivity contribution in [3.05, 3.63) is 29.6 Å². The van der Waals surface area contributed by atoms with Gasteiger partial charge in [-0.1, -0.05) is 13.0 Å². The van der Waals surface area contributed by atoms with Gasteiger partial charge in [-0.05, 0) is 43.7 Å². The fourth-order valence-corrected chi connectivity index (χ4v) is 2.71. The zero-order chi connectivity index (χ0) is 14.4. The SMILES string of the molecule is CCC(N)Cc1ccc(N(C)C(C)CSC)c(F)c1. The lowest BCUT2D eigenvalue weighted by Crippen LogP contribution is -2.31. The average Bonchev–Trinajstić information content (AvgIpc) is 2.38. The van der Waals surface area contributed by atoms with Crippen molar-refractivity contribution in [3.8, 4) is 0 Å². The molecule has 1 rings (SSSR count). The van der Waals surface area contributed by atoms with Crippen LogP contribution < -0.4 is 10.6 Å². The highest BCUT2D eigenvalue weighted by Gasteiger charge is 2.14. The van der Waals surface area contributed by atoms with Gasteiger partial charge in [-0.15, -0.1) is 0 Å². The molecule has 0 aliphatic carbocycles. The lowest BCUT2D eigenvalue weighted by atomic mass is 10.0. The number of nitrogens with two attached hydrogens (primary N) is 1. The van der Waals surface area contributed by atoms with Gasteiger partial charge in [0.1, 0.15) is 5.82 Å². The van der Waals surface area contributed by atoms with Crippen molar-refractivity contribution in [3.63, 3.8) is 0 Å². The van der Waals surface area contributed by atoms with Crippen LogP contribution in [0.2, 0.25) is 0 Å². The summed E-state index contributed by atoms with van der Waals surface area (Å²) in [7, 11) is 1.94. The van der Waals surface area contributed by atoms with Crippen LogP contribution in [-0.2, 0) is 6.42 Å². The number of rotatable bonds is 7. The molecule has 0 spiro atoms. The van der Waals surface area contributed by atoms with Gasteiger partial charge in [-0.3, -0.25) is 0 Å². The molecule has 108 valence electrons. The van der Waals surface area contributed by atoms with Crippen molar-refractivity contribution in [2.45, 2.75) is 38.8 Å². The lowest BCUT2D eigenvalue weighted by molar-refractivity contribution is 0.605. The minimum atomic E-state index is -0.156. The summed E-state index contributed by atoms with van der Waals surface area (Å²) in [5, 5.41) is 0.